The lowest BCUT2D eigenvalue weighted by molar-refractivity contribution is 0.0951. The molecule has 2 rings (SSSR count). The molecule has 0 fully saturated rings. The molecule has 0 aliphatic heterocycles. The highest BCUT2D eigenvalue weighted by atomic mass is 19.1. The zero-order chi connectivity index (χ0) is 15.9. The van der Waals surface area contributed by atoms with Gasteiger partial charge in [-0.25, -0.2) is 9.82 Å². The molecule has 5 nitrogen and oxygen atoms in total. The number of hydrazone groups is 1. The zero-order valence-corrected chi connectivity index (χ0v) is 11.9. The predicted octanol–water partition coefficient (Wildman–Crippen LogP) is 2.69. The standard InChI is InChI=1S/C16H15FN2O3/c1-2-22-12-8-7-11(15(20)9-12)10-18-19-16(21)13-5-3-4-6-14(13)17/h3-10,20H,2H2,1H3,(H,19,21)/b18-10+. The van der Waals surface area contributed by atoms with E-state index in [0.717, 1.165) is 0 Å². The van der Waals surface area contributed by atoms with Crippen LogP contribution in [-0.2, 0) is 0 Å². The molecule has 0 aromatic heterocycles. The first kappa shape index (κ1) is 15.5. The summed E-state index contributed by atoms with van der Waals surface area (Å²) in [5, 5.41) is 13.5. The molecule has 0 saturated carbocycles. The third kappa shape index (κ3) is 3.82. The van der Waals surface area contributed by atoms with E-state index in [0.29, 0.717) is 17.9 Å². The number of nitrogens with one attached hydrogen (secondary N) is 1. The number of ether oxygens (including phenoxy) is 1. The van der Waals surface area contributed by atoms with Gasteiger partial charge in [-0.2, -0.15) is 5.10 Å². The molecule has 0 bridgehead atoms. The molecular formula is C16H15FN2O3. The topological polar surface area (TPSA) is 70.9 Å². The highest BCUT2D eigenvalue weighted by molar-refractivity contribution is 5.95. The number of carbonyl (C=O) groups excluding carboxylic acids is 1. The van der Waals surface area contributed by atoms with Gasteiger partial charge in [-0.05, 0) is 31.2 Å². The summed E-state index contributed by atoms with van der Waals surface area (Å²) in [5.41, 5.74) is 2.50. The first-order chi connectivity index (χ1) is 10.6. The molecule has 0 aliphatic carbocycles. The van der Waals surface area contributed by atoms with Gasteiger partial charge in [-0.1, -0.05) is 12.1 Å². The number of aromatic hydroxyl groups is 1. The summed E-state index contributed by atoms with van der Waals surface area (Å²) in [4.78, 5) is 11.7. The van der Waals surface area contributed by atoms with E-state index in [-0.39, 0.29) is 11.3 Å². The van der Waals surface area contributed by atoms with E-state index >= 15 is 0 Å². The molecule has 2 N–H and O–H groups in total. The second-order valence-corrected chi connectivity index (χ2v) is 4.33. The number of amides is 1. The van der Waals surface area contributed by atoms with Crippen LogP contribution in [0, 0.1) is 5.82 Å². The highest BCUT2D eigenvalue weighted by Gasteiger charge is 2.09. The molecule has 1 amide bonds. The summed E-state index contributed by atoms with van der Waals surface area (Å²) < 4.78 is 18.6. The summed E-state index contributed by atoms with van der Waals surface area (Å²) in [6.07, 6.45) is 1.27. The van der Waals surface area contributed by atoms with Crippen LogP contribution in [0.3, 0.4) is 0 Å². The van der Waals surface area contributed by atoms with Crippen LogP contribution < -0.4 is 10.2 Å². The van der Waals surface area contributed by atoms with E-state index in [1.807, 2.05) is 6.92 Å². The van der Waals surface area contributed by atoms with Gasteiger partial charge < -0.3 is 9.84 Å². The minimum absolute atomic E-state index is 0.0326. The number of phenols is 1. The third-order valence-corrected chi connectivity index (χ3v) is 2.80. The number of phenolic OH excluding ortho intramolecular Hbond substituents is 1. The average Bonchev–Trinajstić information content (AvgIpc) is 2.50. The molecular weight excluding hydrogens is 287 g/mol. The normalized spacial score (nSPS) is 10.6. The van der Waals surface area contributed by atoms with Crippen molar-refractivity contribution < 1.29 is 19.0 Å². The Balaban J connectivity index is 2.04. The van der Waals surface area contributed by atoms with E-state index in [1.54, 1.807) is 18.2 Å². The summed E-state index contributed by atoms with van der Waals surface area (Å²) >= 11 is 0. The van der Waals surface area contributed by atoms with Gasteiger partial charge in [0.15, 0.2) is 0 Å². The number of benzene rings is 2. The van der Waals surface area contributed by atoms with Gasteiger partial charge in [-0.15, -0.1) is 0 Å². The Morgan fingerprint density at radius 2 is 2.14 bits per heavy atom. The molecule has 0 radical (unpaired) electrons. The van der Waals surface area contributed by atoms with Crippen LogP contribution in [0.2, 0.25) is 0 Å². The van der Waals surface area contributed by atoms with Crippen LogP contribution in [0.4, 0.5) is 4.39 Å². The zero-order valence-electron chi connectivity index (χ0n) is 11.9. The van der Waals surface area contributed by atoms with Gasteiger partial charge in [-0.3, -0.25) is 4.79 Å². The monoisotopic (exact) mass is 302 g/mol. The van der Waals surface area contributed by atoms with Crippen LogP contribution >= 0.6 is 0 Å². The molecule has 114 valence electrons. The third-order valence-electron chi connectivity index (χ3n) is 2.80. The second kappa shape index (κ2) is 7.21. The SMILES string of the molecule is CCOc1ccc(/C=N/NC(=O)c2ccccc2F)c(O)c1. The lowest BCUT2D eigenvalue weighted by Gasteiger charge is -2.05. The highest BCUT2D eigenvalue weighted by Crippen LogP contribution is 2.22. The van der Waals surface area contributed by atoms with Crippen LogP contribution in [0.5, 0.6) is 11.5 Å². The summed E-state index contributed by atoms with van der Waals surface area (Å²) in [5.74, 6) is -0.790. The molecule has 0 unspecified atom stereocenters. The van der Waals surface area contributed by atoms with Crippen molar-refractivity contribution >= 4 is 12.1 Å². The van der Waals surface area contributed by atoms with Gasteiger partial charge in [0.05, 0.1) is 18.4 Å². The van der Waals surface area contributed by atoms with E-state index in [9.17, 15) is 14.3 Å². The molecule has 0 aliphatic rings. The summed E-state index contributed by atoms with van der Waals surface area (Å²) in [6.45, 7) is 2.33. The lowest BCUT2D eigenvalue weighted by atomic mass is 10.2. The average molecular weight is 302 g/mol. The van der Waals surface area contributed by atoms with Crippen molar-refractivity contribution in [2.75, 3.05) is 6.61 Å². The fraction of sp³-hybridized carbons (Fsp3) is 0.125. The van der Waals surface area contributed by atoms with Crippen molar-refractivity contribution in [2.45, 2.75) is 6.92 Å². The Labute approximate surface area is 127 Å². The van der Waals surface area contributed by atoms with E-state index in [2.05, 4.69) is 10.5 Å². The van der Waals surface area contributed by atoms with Crippen LogP contribution in [0.15, 0.2) is 47.6 Å². The Hall–Kier alpha value is -2.89. The maximum atomic E-state index is 13.4. The molecule has 0 atom stereocenters. The number of hydrogen-bond acceptors (Lipinski definition) is 4. The molecule has 6 heteroatoms. The van der Waals surface area contributed by atoms with Gasteiger partial charge in [0.2, 0.25) is 0 Å². The summed E-state index contributed by atoms with van der Waals surface area (Å²) in [6, 6.07) is 10.3. The minimum Gasteiger partial charge on any atom is -0.507 e. The Morgan fingerprint density at radius 1 is 1.36 bits per heavy atom. The smallest absolute Gasteiger partial charge is 0.274 e. The number of rotatable bonds is 5. The molecule has 2 aromatic rings. The number of nitrogens with zero attached hydrogens (tertiary/aromatic N) is 1. The second-order valence-electron chi connectivity index (χ2n) is 4.33. The van der Waals surface area contributed by atoms with Gasteiger partial charge in [0.25, 0.3) is 5.91 Å². The number of halogens is 1. The lowest BCUT2D eigenvalue weighted by Crippen LogP contribution is -2.18. The summed E-state index contributed by atoms with van der Waals surface area (Å²) in [7, 11) is 0. The van der Waals surface area contributed by atoms with Crippen molar-refractivity contribution in [3.8, 4) is 11.5 Å². The van der Waals surface area contributed by atoms with Gasteiger partial charge in [0, 0.05) is 11.6 Å². The first-order valence-electron chi connectivity index (χ1n) is 6.65. The van der Waals surface area contributed by atoms with E-state index in [1.165, 1.54) is 30.5 Å². The van der Waals surface area contributed by atoms with Crippen molar-refractivity contribution in [1.29, 1.82) is 0 Å². The molecule has 0 heterocycles. The number of carbonyl (C=O) groups is 1. The van der Waals surface area contributed by atoms with Crippen LogP contribution in [-0.4, -0.2) is 23.8 Å². The Morgan fingerprint density at radius 3 is 2.82 bits per heavy atom. The van der Waals surface area contributed by atoms with E-state index in [4.69, 9.17) is 4.74 Å². The quantitative estimate of drug-likeness (QED) is 0.659. The largest absolute Gasteiger partial charge is 0.507 e. The van der Waals surface area contributed by atoms with Gasteiger partial charge >= 0.3 is 0 Å². The maximum Gasteiger partial charge on any atom is 0.274 e. The predicted molar refractivity (Wildman–Crippen MR) is 80.7 cm³/mol. The molecule has 0 saturated heterocycles. The van der Waals surface area contributed by atoms with Crippen molar-refractivity contribution in [3.63, 3.8) is 0 Å². The maximum absolute atomic E-state index is 13.4. The molecule has 2 aromatic carbocycles. The Kier molecular flexibility index (Phi) is 5.08. The van der Waals surface area contributed by atoms with Crippen molar-refractivity contribution in [1.82, 2.24) is 5.43 Å². The minimum atomic E-state index is -0.667. The van der Waals surface area contributed by atoms with Crippen molar-refractivity contribution in [2.24, 2.45) is 5.10 Å². The fourth-order valence-electron chi connectivity index (χ4n) is 1.76. The fourth-order valence-corrected chi connectivity index (χ4v) is 1.76. The first-order valence-corrected chi connectivity index (χ1v) is 6.65. The number of hydrogen-bond donors (Lipinski definition) is 2. The molecule has 0 spiro atoms. The Bertz CT molecular complexity index is 702. The van der Waals surface area contributed by atoms with Gasteiger partial charge in [0.1, 0.15) is 17.3 Å². The molecule has 22 heavy (non-hydrogen) atoms. The van der Waals surface area contributed by atoms with Crippen LogP contribution in [0.1, 0.15) is 22.8 Å². The van der Waals surface area contributed by atoms with E-state index < -0.39 is 11.7 Å². The van der Waals surface area contributed by atoms with Crippen molar-refractivity contribution in [3.05, 3.63) is 59.4 Å². The van der Waals surface area contributed by atoms with Crippen LogP contribution in [0.25, 0.3) is 0 Å².